The molecule has 2 aromatic rings. The fourth-order valence-electron chi connectivity index (χ4n) is 1.62. The molecule has 2 rings (SSSR count). The Labute approximate surface area is 111 Å². The normalized spacial score (nSPS) is 12.6. The molecule has 0 fully saturated rings. The fraction of sp³-hybridized carbons (Fsp3) is 0.385. The van der Waals surface area contributed by atoms with Gasteiger partial charge in [-0.2, -0.15) is 5.10 Å². The number of hydrogen-bond donors (Lipinski definition) is 0. The molecule has 18 heavy (non-hydrogen) atoms. The molecule has 0 spiro atoms. The van der Waals surface area contributed by atoms with Crippen LogP contribution >= 0.6 is 11.6 Å². The van der Waals surface area contributed by atoms with E-state index in [1.54, 1.807) is 12.1 Å². The van der Waals surface area contributed by atoms with E-state index in [4.69, 9.17) is 16.0 Å². The zero-order chi connectivity index (χ0) is 13.1. The first-order valence-corrected chi connectivity index (χ1v) is 6.30. The second-order valence-corrected chi connectivity index (χ2v) is 4.62. The Morgan fingerprint density at radius 3 is 2.89 bits per heavy atom. The molecule has 0 aliphatic rings. The Hall–Kier alpha value is -1.55. The van der Waals surface area contributed by atoms with Gasteiger partial charge in [-0.3, -0.25) is 9.48 Å². The Bertz CT molecular complexity index is 545. The maximum Gasteiger partial charge on any atom is 0.204 e. The van der Waals surface area contributed by atoms with Crippen LogP contribution in [0.2, 0.25) is 5.22 Å². The van der Waals surface area contributed by atoms with Crippen LogP contribution in [0.3, 0.4) is 0 Å². The lowest BCUT2D eigenvalue weighted by molar-refractivity contribution is 0.0965. The van der Waals surface area contributed by atoms with Gasteiger partial charge in [0.1, 0.15) is 0 Å². The Balaban J connectivity index is 2.05. The van der Waals surface area contributed by atoms with Crippen LogP contribution in [0.15, 0.2) is 28.8 Å². The van der Waals surface area contributed by atoms with E-state index in [-0.39, 0.29) is 23.2 Å². The van der Waals surface area contributed by atoms with Gasteiger partial charge in [-0.1, -0.05) is 6.92 Å². The lowest BCUT2D eigenvalue weighted by atomic mass is 10.2. The van der Waals surface area contributed by atoms with Gasteiger partial charge >= 0.3 is 0 Å². The number of carbonyl (C=O) groups is 1. The van der Waals surface area contributed by atoms with Crippen LogP contribution in [0.4, 0.5) is 0 Å². The zero-order valence-corrected chi connectivity index (χ0v) is 11.1. The van der Waals surface area contributed by atoms with E-state index in [9.17, 15) is 4.79 Å². The molecular weight excluding hydrogens is 252 g/mol. The van der Waals surface area contributed by atoms with Crippen LogP contribution in [0, 0.1) is 0 Å². The summed E-state index contributed by atoms with van der Waals surface area (Å²) in [6.45, 7) is 4.19. The highest BCUT2D eigenvalue weighted by Gasteiger charge is 2.14. The molecular formula is C13H15ClN2O2. The third-order valence-electron chi connectivity index (χ3n) is 2.90. The zero-order valence-electron chi connectivity index (χ0n) is 10.4. The predicted molar refractivity (Wildman–Crippen MR) is 69.0 cm³/mol. The molecule has 0 bridgehead atoms. The number of halogens is 1. The van der Waals surface area contributed by atoms with Crippen molar-refractivity contribution < 1.29 is 9.21 Å². The smallest absolute Gasteiger partial charge is 0.204 e. The Morgan fingerprint density at radius 1 is 1.50 bits per heavy atom. The third-order valence-corrected chi connectivity index (χ3v) is 3.10. The largest absolute Gasteiger partial charge is 0.442 e. The topological polar surface area (TPSA) is 48.0 Å². The summed E-state index contributed by atoms with van der Waals surface area (Å²) in [5, 5.41) is 4.60. The van der Waals surface area contributed by atoms with Gasteiger partial charge in [0.25, 0.3) is 0 Å². The average molecular weight is 267 g/mol. The number of ketones is 1. The SMILES string of the molecule is CCC(C)n1ccc(CC(=O)c2ccc(Cl)o2)n1. The molecule has 5 heteroatoms. The minimum Gasteiger partial charge on any atom is -0.442 e. The van der Waals surface area contributed by atoms with Crippen LogP contribution < -0.4 is 0 Å². The van der Waals surface area contributed by atoms with Crippen LogP contribution in [-0.2, 0) is 6.42 Å². The molecule has 4 nitrogen and oxygen atoms in total. The average Bonchev–Trinajstić information content (AvgIpc) is 2.97. The molecule has 0 amide bonds. The second-order valence-electron chi connectivity index (χ2n) is 4.25. The van der Waals surface area contributed by atoms with Gasteiger partial charge in [-0.25, -0.2) is 0 Å². The lowest BCUT2D eigenvalue weighted by Gasteiger charge is -2.07. The van der Waals surface area contributed by atoms with Crippen molar-refractivity contribution in [3.63, 3.8) is 0 Å². The van der Waals surface area contributed by atoms with Crippen molar-refractivity contribution in [3.8, 4) is 0 Å². The van der Waals surface area contributed by atoms with Gasteiger partial charge in [0.05, 0.1) is 12.1 Å². The molecule has 0 aromatic carbocycles. The molecule has 0 N–H and O–H groups in total. The summed E-state index contributed by atoms with van der Waals surface area (Å²) in [4.78, 5) is 11.9. The first-order chi connectivity index (χ1) is 8.60. The number of hydrogen-bond acceptors (Lipinski definition) is 3. The van der Waals surface area contributed by atoms with Gasteiger partial charge in [-0.05, 0) is 43.1 Å². The van der Waals surface area contributed by atoms with Gasteiger partial charge in [0.15, 0.2) is 11.0 Å². The van der Waals surface area contributed by atoms with Crippen molar-refractivity contribution in [1.82, 2.24) is 9.78 Å². The van der Waals surface area contributed by atoms with E-state index in [1.807, 2.05) is 16.9 Å². The third kappa shape index (κ3) is 2.82. The molecule has 0 saturated carbocycles. The quantitative estimate of drug-likeness (QED) is 0.778. The highest BCUT2D eigenvalue weighted by Crippen LogP contribution is 2.16. The fourth-order valence-corrected chi connectivity index (χ4v) is 1.77. The summed E-state index contributed by atoms with van der Waals surface area (Å²) in [6.07, 6.45) is 3.13. The van der Waals surface area contributed by atoms with E-state index in [2.05, 4.69) is 18.9 Å². The van der Waals surface area contributed by atoms with Crippen LogP contribution in [0.5, 0.6) is 0 Å². The van der Waals surface area contributed by atoms with E-state index in [0.717, 1.165) is 12.1 Å². The molecule has 2 heterocycles. The molecule has 0 saturated heterocycles. The van der Waals surface area contributed by atoms with E-state index >= 15 is 0 Å². The maximum atomic E-state index is 11.9. The molecule has 1 unspecified atom stereocenters. The van der Waals surface area contributed by atoms with Gasteiger partial charge in [0.2, 0.25) is 5.78 Å². The lowest BCUT2D eigenvalue weighted by Crippen LogP contribution is -2.07. The van der Waals surface area contributed by atoms with Gasteiger partial charge < -0.3 is 4.42 Å². The minimum atomic E-state index is -0.115. The summed E-state index contributed by atoms with van der Waals surface area (Å²) in [5.74, 6) is 0.161. The molecule has 0 aliphatic carbocycles. The van der Waals surface area contributed by atoms with Crippen molar-refractivity contribution in [3.05, 3.63) is 41.1 Å². The molecule has 1 atom stereocenters. The first kappa shape index (κ1) is 12.9. The first-order valence-electron chi connectivity index (χ1n) is 5.92. The van der Waals surface area contributed by atoms with Gasteiger partial charge in [0, 0.05) is 12.2 Å². The van der Waals surface area contributed by atoms with E-state index < -0.39 is 0 Å². The summed E-state index contributed by atoms with van der Waals surface area (Å²) in [5.41, 5.74) is 0.743. The summed E-state index contributed by atoms with van der Waals surface area (Å²) in [6, 6.07) is 5.34. The number of carbonyl (C=O) groups excluding carboxylic acids is 1. The highest BCUT2D eigenvalue weighted by molar-refractivity contribution is 6.29. The number of aromatic nitrogens is 2. The molecule has 0 radical (unpaired) electrons. The number of Topliss-reactive ketones (excluding diaryl/α,β-unsaturated/α-hetero) is 1. The van der Waals surface area contributed by atoms with Crippen molar-refractivity contribution in [2.45, 2.75) is 32.7 Å². The summed E-state index contributed by atoms with van der Waals surface area (Å²) in [7, 11) is 0. The van der Waals surface area contributed by atoms with Crippen molar-refractivity contribution in [2.75, 3.05) is 0 Å². The Morgan fingerprint density at radius 2 is 2.28 bits per heavy atom. The standard InChI is InChI=1S/C13H15ClN2O2/c1-3-9(2)16-7-6-10(15-16)8-11(17)12-4-5-13(14)18-12/h4-7,9H,3,8H2,1-2H3. The van der Waals surface area contributed by atoms with Crippen LogP contribution in [0.25, 0.3) is 0 Å². The minimum absolute atomic E-state index is 0.115. The molecule has 96 valence electrons. The molecule has 0 aliphatic heterocycles. The number of nitrogens with zero attached hydrogens (tertiary/aromatic N) is 2. The van der Waals surface area contributed by atoms with Crippen molar-refractivity contribution in [2.24, 2.45) is 0 Å². The number of furan rings is 1. The summed E-state index contributed by atoms with van der Waals surface area (Å²) < 4.78 is 6.95. The van der Waals surface area contributed by atoms with Crippen molar-refractivity contribution >= 4 is 17.4 Å². The van der Waals surface area contributed by atoms with Crippen molar-refractivity contribution in [1.29, 1.82) is 0 Å². The predicted octanol–water partition coefficient (Wildman–Crippen LogP) is 3.53. The van der Waals surface area contributed by atoms with Gasteiger partial charge in [-0.15, -0.1) is 0 Å². The van der Waals surface area contributed by atoms with Crippen LogP contribution in [-0.4, -0.2) is 15.6 Å². The highest BCUT2D eigenvalue weighted by atomic mass is 35.5. The van der Waals surface area contributed by atoms with E-state index in [0.29, 0.717) is 6.04 Å². The monoisotopic (exact) mass is 266 g/mol. The second kappa shape index (κ2) is 5.40. The Kier molecular flexibility index (Phi) is 3.87. The summed E-state index contributed by atoms with van der Waals surface area (Å²) >= 11 is 5.63. The number of rotatable bonds is 5. The van der Waals surface area contributed by atoms with Crippen LogP contribution in [0.1, 0.15) is 42.6 Å². The van der Waals surface area contributed by atoms with E-state index in [1.165, 1.54) is 0 Å². The maximum absolute atomic E-state index is 11.9. The molecule has 2 aromatic heterocycles.